The molecule has 0 saturated heterocycles. The van der Waals surface area contributed by atoms with Gasteiger partial charge in [-0.1, -0.05) is 17.3 Å². The SMILES string of the molecule is CC(NC(=O)C1(/C(N)=N/O)CC1)c1cccc(F)c1. The summed E-state index contributed by atoms with van der Waals surface area (Å²) < 4.78 is 13.1. The first-order valence-corrected chi connectivity index (χ1v) is 6.04. The number of amidine groups is 1. The fraction of sp³-hybridized carbons (Fsp3) is 0.385. The number of halogens is 1. The molecule has 1 unspecified atom stereocenters. The van der Waals surface area contributed by atoms with Gasteiger partial charge < -0.3 is 16.3 Å². The van der Waals surface area contributed by atoms with Crippen LogP contribution in [0.5, 0.6) is 0 Å². The van der Waals surface area contributed by atoms with Gasteiger partial charge in [0.2, 0.25) is 5.91 Å². The Balaban J connectivity index is 2.08. The lowest BCUT2D eigenvalue weighted by Crippen LogP contribution is -2.41. The topological polar surface area (TPSA) is 87.7 Å². The second-order valence-electron chi connectivity index (χ2n) is 4.82. The normalized spacial score (nSPS) is 18.7. The van der Waals surface area contributed by atoms with Gasteiger partial charge >= 0.3 is 0 Å². The second-order valence-corrected chi connectivity index (χ2v) is 4.82. The number of oxime groups is 1. The molecule has 1 atom stereocenters. The molecule has 2 rings (SSSR count). The molecule has 5 nitrogen and oxygen atoms in total. The summed E-state index contributed by atoms with van der Waals surface area (Å²) in [6.45, 7) is 1.76. The molecule has 1 aliphatic carbocycles. The zero-order valence-electron chi connectivity index (χ0n) is 10.6. The van der Waals surface area contributed by atoms with Gasteiger partial charge in [-0.15, -0.1) is 0 Å². The van der Waals surface area contributed by atoms with E-state index in [4.69, 9.17) is 10.9 Å². The summed E-state index contributed by atoms with van der Waals surface area (Å²) in [4.78, 5) is 12.1. The van der Waals surface area contributed by atoms with E-state index in [-0.39, 0.29) is 23.6 Å². The maximum absolute atomic E-state index is 13.1. The Labute approximate surface area is 110 Å². The number of carbonyl (C=O) groups is 1. The van der Waals surface area contributed by atoms with Gasteiger partial charge in [0, 0.05) is 0 Å². The third-order valence-corrected chi connectivity index (χ3v) is 3.48. The number of hydrogen-bond donors (Lipinski definition) is 3. The van der Waals surface area contributed by atoms with Crippen molar-refractivity contribution in [2.24, 2.45) is 16.3 Å². The van der Waals surface area contributed by atoms with Gasteiger partial charge in [0.15, 0.2) is 5.84 Å². The van der Waals surface area contributed by atoms with Gasteiger partial charge in [-0.05, 0) is 37.5 Å². The van der Waals surface area contributed by atoms with Crippen LogP contribution in [0.3, 0.4) is 0 Å². The Bertz CT molecular complexity index is 526. The van der Waals surface area contributed by atoms with E-state index in [2.05, 4.69) is 10.5 Å². The molecule has 1 amide bonds. The first-order valence-electron chi connectivity index (χ1n) is 6.04. The zero-order chi connectivity index (χ0) is 14.0. The van der Waals surface area contributed by atoms with Crippen molar-refractivity contribution in [1.82, 2.24) is 5.32 Å². The lowest BCUT2D eigenvalue weighted by Gasteiger charge is -2.19. The maximum atomic E-state index is 13.1. The first kappa shape index (κ1) is 13.3. The van der Waals surface area contributed by atoms with Gasteiger partial charge in [-0.2, -0.15) is 0 Å². The van der Waals surface area contributed by atoms with Crippen LogP contribution in [0.2, 0.25) is 0 Å². The number of carbonyl (C=O) groups excluding carboxylic acids is 1. The van der Waals surface area contributed by atoms with Gasteiger partial charge in [-0.3, -0.25) is 4.79 Å². The summed E-state index contributed by atoms with van der Waals surface area (Å²) in [5.41, 5.74) is 5.31. The minimum absolute atomic E-state index is 0.0727. The lowest BCUT2D eigenvalue weighted by atomic mass is 10.0. The highest BCUT2D eigenvalue weighted by molar-refractivity contribution is 6.09. The van der Waals surface area contributed by atoms with Crippen LogP contribution in [0, 0.1) is 11.2 Å². The molecule has 19 heavy (non-hydrogen) atoms. The fourth-order valence-electron chi connectivity index (χ4n) is 2.01. The van der Waals surface area contributed by atoms with Crippen LogP contribution in [0.15, 0.2) is 29.4 Å². The summed E-state index contributed by atoms with van der Waals surface area (Å²) in [6, 6.07) is 5.69. The van der Waals surface area contributed by atoms with E-state index in [1.807, 2.05) is 0 Å². The summed E-state index contributed by atoms with van der Waals surface area (Å²) in [6.07, 6.45) is 1.12. The van der Waals surface area contributed by atoms with E-state index >= 15 is 0 Å². The fourth-order valence-corrected chi connectivity index (χ4v) is 2.01. The Kier molecular flexibility index (Phi) is 3.42. The van der Waals surface area contributed by atoms with Crippen LogP contribution in [0.4, 0.5) is 4.39 Å². The minimum atomic E-state index is -0.893. The number of amides is 1. The van der Waals surface area contributed by atoms with E-state index in [9.17, 15) is 9.18 Å². The highest BCUT2D eigenvalue weighted by atomic mass is 19.1. The van der Waals surface area contributed by atoms with Crippen LogP contribution in [0.1, 0.15) is 31.4 Å². The van der Waals surface area contributed by atoms with Gasteiger partial charge in [0.25, 0.3) is 0 Å². The summed E-state index contributed by atoms with van der Waals surface area (Å²) in [7, 11) is 0. The molecule has 0 aromatic heterocycles. The average molecular weight is 265 g/mol. The smallest absolute Gasteiger partial charge is 0.234 e. The Morgan fingerprint density at radius 3 is 2.79 bits per heavy atom. The van der Waals surface area contributed by atoms with Crippen LogP contribution >= 0.6 is 0 Å². The van der Waals surface area contributed by atoms with Crippen LogP contribution in [-0.4, -0.2) is 17.0 Å². The van der Waals surface area contributed by atoms with Crippen molar-refractivity contribution in [2.75, 3.05) is 0 Å². The van der Waals surface area contributed by atoms with Gasteiger partial charge in [0.1, 0.15) is 11.2 Å². The summed E-state index contributed by atoms with van der Waals surface area (Å²) >= 11 is 0. The Hall–Kier alpha value is -2.11. The number of nitrogens with one attached hydrogen (secondary N) is 1. The van der Waals surface area contributed by atoms with Crippen molar-refractivity contribution in [1.29, 1.82) is 0 Å². The van der Waals surface area contributed by atoms with Gasteiger partial charge in [0.05, 0.1) is 6.04 Å². The number of hydrogen-bond acceptors (Lipinski definition) is 3. The number of rotatable bonds is 4. The molecule has 0 radical (unpaired) electrons. The molecule has 6 heteroatoms. The molecule has 0 heterocycles. The predicted molar refractivity (Wildman–Crippen MR) is 68.0 cm³/mol. The molecule has 4 N–H and O–H groups in total. The molecule has 1 fully saturated rings. The van der Waals surface area contributed by atoms with E-state index in [0.717, 1.165) is 0 Å². The third kappa shape index (κ3) is 2.52. The summed E-state index contributed by atoms with van der Waals surface area (Å²) in [5.74, 6) is -0.716. The molecule has 1 aliphatic rings. The van der Waals surface area contributed by atoms with Crippen molar-refractivity contribution in [3.05, 3.63) is 35.6 Å². The molecule has 1 saturated carbocycles. The van der Waals surface area contributed by atoms with Crippen molar-refractivity contribution in [3.8, 4) is 0 Å². The third-order valence-electron chi connectivity index (χ3n) is 3.48. The molecular formula is C13H16FN3O2. The highest BCUT2D eigenvalue weighted by Crippen LogP contribution is 2.46. The van der Waals surface area contributed by atoms with Crippen LogP contribution in [-0.2, 0) is 4.79 Å². The van der Waals surface area contributed by atoms with Crippen molar-refractivity contribution >= 4 is 11.7 Å². The van der Waals surface area contributed by atoms with Crippen molar-refractivity contribution in [3.63, 3.8) is 0 Å². The largest absolute Gasteiger partial charge is 0.409 e. The molecule has 0 spiro atoms. The van der Waals surface area contributed by atoms with E-state index in [0.29, 0.717) is 18.4 Å². The number of benzene rings is 1. The Morgan fingerprint density at radius 1 is 1.58 bits per heavy atom. The van der Waals surface area contributed by atoms with Crippen LogP contribution in [0.25, 0.3) is 0 Å². The summed E-state index contributed by atoms with van der Waals surface area (Å²) in [5, 5.41) is 14.4. The maximum Gasteiger partial charge on any atom is 0.234 e. The lowest BCUT2D eigenvalue weighted by molar-refractivity contribution is -0.124. The zero-order valence-corrected chi connectivity index (χ0v) is 10.6. The Morgan fingerprint density at radius 2 is 2.26 bits per heavy atom. The molecule has 102 valence electrons. The monoisotopic (exact) mass is 265 g/mol. The van der Waals surface area contributed by atoms with Crippen molar-refractivity contribution in [2.45, 2.75) is 25.8 Å². The van der Waals surface area contributed by atoms with Gasteiger partial charge in [-0.25, -0.2) is 4.39 Å². The second kappa shape index (κ2) is 4.87. The van der Waals surface area contributed by atoms with E-state index < -0.39 is 5.41 Å². The molecule has 1 aromatic rings. The minimum Gasteiger partial charge on any atom is -0.409 e. The highest BCUT2D eigenvalue weighted by Gasteiger charge is 2.54. The van der Waals surface area contributed by atoms with Crippen LogP contribution < -0.4 is 11.1 Å². The number of nitrogens with two attached hydrogens (primary N) is 1. The standard InChI is InChI=1S/C13H16FN3O2/c1-8(9-3-2-4-10(14)7-9)16-12(18)13(5-6-13)11(15)17-19/h2-4,7-8,19H,5-6H2,1H3,(H2,15,17)(H,16,18). The molecule has 1 aromatic carbocycles. The predicted octanol–water partition coefficient (Wildman–Crippen LogP) is 1.53. The van der Waals surface area contributed by atoms with Crippen molar-refractivity contribution < 1.29 is 14.4 Å². The molecular weight excluding hydrogens is 249 g/mol. The molecule has 0 aliphatic heterocycles. The van der Waals surface area contributed by atoms with E-state index in [1.165, 1.54) is 12.1 Å². The number of nitrogens with zero attached hydrogens (tertiary/aromatic N) is 1. The first-order chi connectivity index (χ1) is 8.99. The molecule has 0 bridgehead atoms. The average Bonchev–Trinajstić information content (AvgIpc) is 3.19. The quantitative estimate of drug-likeness (QED) is 0.334. The van der Waals surface area contributed by atoms with E-state index in [1.54, 1.807) is 19.1 Å².